The lowest BCUT2D eigenvalue weighted by atomic mass is 9.90. The van der Waals surface area contributed by atoms with Crippen LogP contribution in [0.4, 0.5) is 5.69 Å². The summed E-state index contributed by atoms with van der Waals surface area (Å²) in [6.07, 6.45) is 3.61. The average molecular weight is 480 g/mol. The Labute approximate surface area is 209 Å². The van der Waals surface area contributed by atoms with Gasteiger partial charge >= 0.3 is 0 Å². The SMILES string of the molecule is CN(C)c1ccc(C(CNC(=O)CCn2ncc(=O)c3ccccc32)c2c[nH]c3ccccc23)cc1. The van der Waals surface area contributed by atoms with Gasteiger partial charge in [0.15, 0.2) is 0 Å². The van der Waals surface area contributed by atoms with Crippen LogP contribution in [-0.4, -0.2) is 41.3 Å². The van der Waals surface area contributed by atoms with Crippen LogP contribution in [0.2, 0.25) is 0 Å². The molecule has 0 saturated carbocycles. The van der Waals surface area contributed by atoms with E-state index in [9.17, 15) is 9.59 Å². The van der Waals surface area contributed by atoms with Crippen LogP contribution in [0.15, 0.2) is 90.0 Å². The van der Waals surface area contributed by atoms with Crippen LogP contribution < -0.4 is 15.6 Å². The minimum Gasteiger partial charge on any atom is -0.378 e. The lowest BCUT2D eigenvalue weighted by molar-refractivity contribution is -0.121. The van der Waals surface area contributed by atoms with Crippen LogP contribution in [-0.2, 0) is 11.3 Å². The summed E-state index contributed by atoms with van der Waals surface area (Å²) in [6, 6.07) is 24.0. The average Bonchev–Trinajstić information content (AvgIpc) is 3.33. The van der Waals surface area contributed by atoms with Gasteiger partial charge in [-0.3, -0.25) is 14.3 Å². The zero-order valence-corrected chi connectivity index (χ0v) is 20.4. The molecule has 7 heteroatoms. The molecule has 7 nitrogen and oxygen atoms in total. The normalized spacial score (nSPS) is 12.1. The number of amides is 1. The van der Waals surface area contributed by atoms with Gasteiger partial charge in [-0.2, -0.15) is 5.10 Å². The second-order valence-electron chi connectivity index (χ2n) is 9.13. The first-order valence-corrected chi connectivity index (χ1v) is 12.1. The maximum absolute atomic E-state index is 12.9. The maximum Gasteiger partial charge on any atom is 0.221 e. The highest BCUT2D eigenvalue weighted by Crippen LogP contribution is 2.31. The van der Waals surface area contributed by atoms with Gasteiger partial charge in [0, 0.05) is 61.2 Å². The molecule has 1 atom stereocenters. The molecule has 0 bridgehead atoms. The largest absolute Gasteiger partial charge is 0.378 e. The molecule has 0 fully saturated rings. The van der Waals surface area contributed by atoms with Gasteiger partial charge in [0.1, 0.15) is 0 Å². The van der Waals surface area contributed by atoms with Gasteiger partial charge in [-0.15, -0.1) is 0 Å². The Morgan fingerprint density at radius 1 is 1.00 bits per heavy atom. The summed E-state index contributed by atoms with van der Waals surface area (Å²) in [5.41, 5.74) is 5.10. The number of carbonyl (C=O) groups excluding carboxylic acids is 1. The van der Waals surface area contributed by atoms with E-state index in [0.717, 1.165) is 33.2 Å². The molecule has 0 spiro atoms. The topological polar surface area (TPSA) is 83.0 Å². The molecule has 5 aromatic rings. The number of rotatable bonds is 8. The fourth-order valence-corrected chi connectivity index (χ4v) is 4.65. The molecule has 0 aliphatic heterocycles. The number of anilines is 1. The first kappa shape index (κ1) is 23.4. The molecule has 0 radical (unpaired) electrons. The summed E-state index contributed by atoms with van der Waals surface area (Å²) >= 11 is 0. The number of nitrogens with zero attached hydrogens (tertiary/aromatic N) is 3. The molecular weight excluding hydrogens is 450 g/mol. The monoisotopic (exact) mass is 479 g/mol. The predicted octanol–water partition coefficient (Wildman–Crippen LogP) is 4.28. The Kier molecular flexibility index (Phi) is 6.54. The van der Waals surface area contributed by atoms with E-state index in [4.69, 9.17) is 0 Å². The minimum atomic E-state index is -0.117. The quantitative estimate of drug-likeness (QED) is 0.348. The van der Waals surface area contributed by atoms with E-state index in [1.807, 2.05) is 50.6 Å². The molecule has 5 rings (SSSR count). The molecule has 1 amide bonds. The lowest BCUT2D eigenvalue weighted by Crippen LogP contribution is -2.30. The van der Waals surface area contributed by atoms with Gasteiger partial charge in [0.05, 0.1) is 18.3 Å². The number of para-hydroxylation sites is 2. The number of carbonyl (C=O) groups is 1. The van der Waals surface area contributed by atoms with Crippen LogP contribution in [0.3, 0.4) is 0 Å². The van der Waals surface area contributed by atoms with Crippen LogP contribution in [0.5, 0.6) is 0 Å². The third kappa shape index (κ3) is 4.73. The van der Waals surface area contributed by atoms with E-state index in [-0.39, 0.29) is 23.7 Å². The van der Waals surface area contributed by atoms with E-state index < -0.39 is 0 Å². The Balaban J connectivity index is 1.34. The Morgan fingerprint density at radius 3 is 2.50 bits per heavy atom. The smallest absolute Gasteiger partial charge is 0.221 e. The Morgan fingerprint density at radius 2 is 1.72 bits per heavy atom. The van der Waals surface area contributed by atoms with Crippen molar-refractivity contribution in [2.75, 3.05) is 25.5 Å². The zero-order chi connectivity index (χ0) is 25.1. The van der Waals surface area contributed by atoms with E-state index >= 15 is 0 Å². The number of aromatic nitrogens is 3. The molecule has 0 aliphatic carbocycles. The van der Waals surface area contributed by atoms with Crippen molar-refractivity contribution < 1.29 is 4.79 Å². The van der Waals surface area contributed by atoms with Gasteiger partial charge in [-0.05, 0) is 41.5 Å². The van der Waals surface area contributed by atoms with Crippen LogP contribution in [0, 0.1) is 0 Å². The van der Waals surface area contributed by atoms with Crippen molar-refractivity contribution in [1.82, 2.24) is 20.1 Å². The van der Waals surface area contributed by atoms with Gasteiger partial charge in [0.25, 0.3) is 0 Å². The lowest BCUT2D eigenvalue weighted by Gasteiger charge is -2.20. The molecule has 3 aromatic carbocycles. The van der Waals surface area contributed by atoms with Crippen molar-refractivity contribution in [3.63, 3.8) is 0 Å². The highest BCUT2D eigenvalue weighted by Gasteiger charge is 2.19. The number of aryl methyl sites for hydroxylation is 1. The molecular formula is C29H29N5O2. The van der Waals surface area contributed by atoms with Crippen molar-refractivity contribution in [2.45, 2.75) is 18.9 Å². The van der Waals surface area contributed by atoms with E-state index in [1.54, 1.807) is 10.7 Å². The Hall–Kier alpha value is -4.39. The number of benzene rings is 3. The fourth-order valence-electron chi connectivity index (χ4n) is 4.65. The van der Waals surface area contributed by atoms with Gasteiger partial charge in [-0.25, -0.2) is 0 Å². The third-order valence-corrected chi connectivity index (χ3v) is 6.62. The molecule has 2 N–H and O–H groups in total. The van der Waals surface area contributed by atoms with Crippen molar-refractivity contribution in [3.05, 3.63) is 107 Å². The molecule has 182 valence electrons. The highest BCUT2D eigenvalue weighted by atomic mass is 16.1. The third-order valence-electron chi connectivity index (χ3n) is 6.62. The molecule has 2 aromatic heterocycles. The van der Waals surface area contributed by atoms with Crippen LogP contribution in [0.1, 0.15) is 23.5 Å². The maximum atomic E-state index is 12.9. The number of aromatic amines is 1. The summed E-state index contributed by atoms with van der Waals surface area (Å²) in [5, 5.41) is 9.13. The summed E-state index contributed by atoms with van der Waals surface area (Å²) in [5.74, 6) is -0.0676. The minimum absolute atomic E-state index is 0.00679. The van der Waals surface area contributed by atoms with Crippen molar-refractivity contribution >= 4 is 33.4 Å². The second-order valence-corrected chi connectivity index (χ2v) is 9.13. The highest BCUT2D eigenvalue weighted by molar-refractivity contribution is 5.84. The summed E-state index contributed by atoms with van der Waals surface area (Å²) in [6.45, 7) is 0.863. The van der Waals surface area contributed by atoms with E-state index in [0.29, 0.717) is 18.5 Å². The zero-order valence-electron chi connectivity index (χ0n) is 20.4. The summed E-state index contributed by atoms with van der Waals surface area (Å²) in [4.78, 5) is 30.4. The number of fused-ring (bicyclic) bond motifs is 2. The van der Waals surface area contributed by atoms with Gasteiger partial charge < -0.3 is 15.2 Å². The molecule has 0 aliphatic rings. The fraction of sp³-hybridized carbons (Fsp3) is 0.207. The van der Waals surface area contributed by atoms with Crippen LogP contribution in [0.25, 0.3) is 21.8 Å². The number of hydrogen-bond acceptors (Lipinski definition) is 4. The van der Waals surface area contributed by atoms with E-state index in [2.05, 4.69) is 56.7 Å². The summed E-state index contributed by atoms with van der Waals surface area (Å²) < 4.78 is 1.72. The van der Waals surface area contributed by atoms with Crippen LogP contribution >= 0.6 is 0 Å². The molecule has 36 heavy (non-hydrogen) atoms. The van der Waals surface area contributed by atoms with Crippen molar-refractivity contribution in [3.8, 4) is 0 Å². The van der Waals surface area contributed by atoms with Gasteiger partial charge in [0.2, 0.25) is 11.3 Å². The number of nitrogens with one attached hydrogen (secondary N) is 2. The first-order chi connectivity index (χ1) is 17.5. The van der Waals surface area contributed by atoms with Gasteiger partial charge in [-0.1, -0.05) is 42.5 Å². The second kappa shape index (κ2) is 10.1. The predicted molar refractivity (Wildman–Crippen MR) is 145 cm³/mol. The Bertz CT molecular complexity index is 1570. The van der Waals surface area contributed by atoms with Crippen molar-refractivity contribution in [2.24, 2.45) is 0 Å². The summed E-state index contributed by atoms with van der Waals surface area (Å²) in [7, 11) is 4.04. The van der Waals surface area contributed by atoms with Crippen molar-refractivity contribution in [1.29, 1.82) is 0 Å². The first-order valence-electron chi connectivity index (χ1n) is 12.1. The molecule has 0 saturated heterocycles. The van der Waals surface area contributed by atoms with E-state index in [1.165, 1.54) is 6.20 Å². The standard InChI is InChI=1S/C29H29N5O2/c1-33(2)21-13-11-20(12-14-21)24(25-18-30-26-9-5-3-7-22(25)26)17-31-29(36)15-16-34-27-10-6-4-8-23(27)28(35)19-32-34/h3-14,18-19,24,30H,15-17H2,1-2H3,(H,31,36). The molecule has 1 unspecified atom stereocenters. The molecule has 2 heterocycles. The number of hydrogen-bond donors (Lipinski definition) is 2. The number of H-pyrrole nitrogens is 1.